The van der Waals surface area contributed by atoms with Gasteiger partial charge < -0.3 is 8.68 Å². The highest BCUT2D eigenvalue weighted by Crippen LogP contribution is 2.12. The molecule has 3 heteroatoms. The molecule has 0 N–H and O–H groups in total. The fourth-order valence-electron chi connectivity index (χ4n) is 2.43. The largest absolute Gasteiger partial charge is 0.791 e. The molecule has 0 aromatic heterocycles. The van der Waals surface area contributed by atoms with E-state index in [0.29, 0.717) is 0 Å². The average Bonchev–Trinajstić information content (AvgIpc) is 2.41. The van der Waals surface area contributed by atoms with Crippen molar-refractivity contribution in [2.45, 2.75) is 84.0 Å². The summed E-state index contributed by atoms with van der Waals surface area (Å²) < 4.78 is 9.19. The lowest BCUT2D eigenvalue weighted by Crippen LogP contribution is -2.35. The van der Waals surface area contributed by atoms with Gasteiger partial charge in [-0.05, 0) is 12.8 Å². The summed E-state index contributed by atoms with van der Waals surface area (Å²) in [5, 5.41) is 0. The van der Waals surface area contributed by atoms with Crippen LogP contribution in [0.3, 0.4) is 0 Å². The van der Waals surface area contributed by atoms with E-state index in [9.17, 15) is 0 Å². The van der Waals surface area contributed by atoms with E-state index in [1.54, 1.807) is 16.3 Å². The minimum atomic E-state index is 1.12. The number of hydrogen-bond donors (Lipinski definition) is 0. The first-order chi connectivity index (χ1) is 9.56. The summed E-state index contributed by atoms with van der Waals surface area (Å²) in [6.45, 7) is 3.62. The Hall–Kier alpha value is 0.400. The van der Waals surface area contributed by atoms with Gasteiger partial charge in [-0.1, -0.05) is 71.1 Å². The van der Waals surface area contributed by atoms with Crippen LogP contribution in [-0.2, 0) is 0 Å². The fraction of sp³-hybridized carbons (Fsp3) is 1.00. The van der Waals surface area contributed by atoms with Crippen LogP contribution in [0.15, 0.2) is 0 Å². The molecule has 0 saturated carbocycles. The van der Waals surface area contributed by atoms with Gasteiger partial charge in [-0.25, -0.2) is 16.3 Å². The van der Waals surface area contributed by atoms with Crippen LogP contribution in [0.1, 0.15) is 84.0 Å². The average molecular weight is 352 g/mol. The van der Waals surface area contributed by atoms with Crippen molar-refractivity contribution in [1.82, 2.24) is 0 Å². The standard InChI is InChI=1S/C17H38N.BrO/c1-5-6-7-8-9-10-11-12-13-14-15-16-17-18(2,3)4;1-2/h5-17H2,1-4H3;/q+1;-1. The molecule has 0 unspecified atom stereocenters. The molecule has 124 valence electrons. The minimum Gasteiger partial charge on any atom is -0.791 e. The van der Waals surface area contributed by atoms with E-state index in [0.717, 1.165) is 4.48 Å². The van der Waals surface area contributed by atoms with Crippen LogP contribution in [0.5, 0.6) is 0 Å². The van der Waals surface area contributed by atoms with Crippen LogP contribution in [0, 0.1) is 0 Å². The highest BCUT2D eigenvalue weighted by molar-refractivity contribution is 9.04. The third kappa shape index (κ3) is 23.5. The van der Waals surface area contributed by atoms with Gasteiger partial charge in [-0.3, -0.25) is 0 Å². The van der Waals surface area contributed by atoms with Gasteiger partial charge in [0.1, 0.15) is 0 Å². The topological polar surface area (TPSA) is 23.1 Å². The molecule has 0 heterocycles. The van der Waals surface area contributed by atoms with Crippen LogP contribution in [-0.4, -0.2) is 32.2 Å². The lowest BCUT2D eigenvalue weighted by atomic mass is 10.1. The summed E-state index contributed by atoms with van der Waals surface area (Å²) in [5.41, 5.74) is 0. The van der Waals surface area contributed by atoms with Crippen molar-refractivity contribution >= 4 is 16.3 Å². The van der Waals surface area contributed by atoms with Crippen LogP contribution in [0.25, 0.3) is 0 Å². The van der Waals surface area contributed by atoms with Gasteiger partial charge in [-0.2, -0.15) is 0 Å². The van der Waals surface area contributed by atoms with Gasteiger partial charge in [0.25, 0.3) is 0 Å². The molecule has 0 saturated heterocycles. The van der Waals surface area contributed by atoms with E-state index in [-0.39, 0.29) is 0 Å². The minimum absolute atomic E-state index is 1.12. The highest BCUT2D eigenvalue weighted by Gasteiger charge is 2.04. The summed E-state index contributed by atoms with van der Waals surface area (Å²) in [7, 11) is 6.87. The molecule has 0 atom stereocenters. The summed E-state index contributed by atoms with van der Waals surface area (Å²) in [5.74, 6) is 0. The Balaban J connectivity index is 0. The Morgan fingerprint density at radius 2 is 0.900 bits per heavy atom. The molecule has 0 amide bonds. The molecule has 0 aromatic carbocycles. The van der Waals surface area contributed by atoms with E-state index < -0.39 is 0 Å². The van der Waals surface area contributed by atoms with Crippen molar-refractivity contribution in [3.63, 3.8) is 0 Å². The number of hydrogen-bond acceptors (Lipinski definition) is 1. The number of nitrogens with zero attached hydrogens (tertiary/aromatic N) is 1. The third-order valence-electron chi connectivity index (χ3n) is 3.68. The Labute approximate surface area is 137 Å². The first-order valence-corrected chi connectivity index (χ1v) is 9.17. The van der Waals surface area contributed by atoms with Crippen LogP contribution in [0.2, 0.25) is 0 Å². The number of quaternary nitrogens is 1. The molecule has 20 heavy (non-hydrogen) atoms. The van der Waals surface area contributed by atoms with E-state index in [4.69, 9.17) is 4.20 Å². The van der Waals surface area contributed by atoms with E-state index in [1.807, 2.05) is 0 Å². The van der Waals surface area contributed by atoms with Gasteiger partial charge in [0.2, 0.25) is 0 Å². The molecule has 0 radical (unpaired) electrons. The van der Waals surface area contributed by atoms with Crippen LogP contribution >= 0.6 is 16.3 Å². The first-order valence-electron chi connectivity index (χ1n) is 8.52. The second-order valence-electron chi connectivity index (χ2n) is 6.90. The fourth-order valence-corrected chi connectivity index (χ4v) is 2.43. The third-order valence-corrected chi connectivity index (χ3v) is 3.68. The number of rotatable bonds is 13. The zero-order valence-corrected chi connectivity index (χ0v) is 16.0. The molecular weight excluding hydrogens is 314 g/mol. The van der Waals surface area contributed by atoms with Gasteiger partial charge >= 0.3 is 0 Å². The maximum atomic E-state index is 8.06. The molecule has 0 bridgehead atoms. The molecule has 2 nitrogen and oxygen atoms in total. The van der Waals surface area contributed by atoms with Crippen molar-refractivity contribution in [1.29, 1.82) is 0 Å². The zero-order valence-electron chi connectivity index (χ0n) is 14.4. The molecule has 0 fully saturated rings. The lowest BCUT2D eigenvalue weighted by Gasteiger charge is -2.23. The molecular formula is C17H38BrNO. The molecule has 0 aliphatic heterocycles. The smallest absolute Gasteiger partial charge is 0.0780 e. The van der Waals surface area contributed by atoms with Gasteiger partial charge in [0.05, 0.1) is 27.7 Å². The maximum Gasteiger partial charge on any atom is 0.0780 e. The first kappa shape index (κ1) is 22.7. The van der Waals surface area contributed by atoms with Crippen molar-refractivity contribution in [2.75, 3.05) is 27.7 Å². The molecule has 0 aromatic rings. The van der Waals surface area contributed by atoms with Gasteiger partial charge in [0.15, 0.2) is 0 Å². The van der Waals surface area contributed by atoms with Crippen LogP contribution < -0.4 is 4.20 Å². The monoisotopic (exact) mass is 351 g/mol. The van der Waals surface area contributed by atoms with Crippen molar-refractivity contribution < 1.29 is 8.68 Å². The van der Waals surface area contributed by atoms with Crippen molar-refractivity contribution in [3.05, 3.63) is 0 Å². The van der Waals surface area contributed by atoms with Gasteiger partial charge in [-0.15, -0.1) is 0 Å². The Bertz CT molecular complexity index is 169. The quantitative estimate of drug-likeness (QED) is 0.336. The van der Waals surface area contributed by atoms with E-state index >= 15 is 0 Å². The second kappa shape index (κ2) is 17.5. The van der Waals surface area contributed by atoms with Crippen molar-refractivity contribution in [3.8, 4) is 0 Å². The Morgan fingerprint density at radius 3 is 1.20 bits per heavy atom. The zero-order chi connectivity index (χ0) is 15.7. The summed E-state index contributed by atoms with van der Waals surface area (Å²) in [6, 6.07) is 0. The summed E-state index contributed by atoms with van der Waals surface area (Å²) in [6.07, 6.45) is 17.4. The number of unbranched alkanes of at least 4 members (excludes halogenated alkanes) is 11. The summed E-state index contributed by atoms with van der Waals surface area (Å²) in [4.78, 5) is 0. The normalized spacial score (nSPS) is 11.1. The lowest BCUT2D eigenvalue weighted by molar-refractivity contribution is -0.870. The molecule has 0 aliphatic rings. The van der Waals surface area contributed by atoms with Gasteiger partial charge in [0, 0.05) is 0 Å². The van der Waals surface area contributed by atoms with E-state index in [1.165, 1.54) is 83.6 Å². The Kier molecular flexibility index (Phi) is 19.8. The Morgan fingerprint density at radius 1 is 0.600 bits per heavy atom. The molecule has 0 rings (SSSR count). The van der Waals surface area contributed by atoms with E-state index in [2.05, 4.69) is 28.1 Å². The SMILES string of the molecule is CCCCCCCCCCCCCC[N+](C)(C)C.[O-]Br. The predicted molar refractivity (Wildman–Crippen MR) is 92.9 cm³/mol. The second-order valence-corrected chi connectivity index (χ2v) is 6.90. The molecule has 0 aliphatic carbocycles. The maximum absolute atomic E-state index is 8.06. The summed E-state index contributed by atoms with van der Waals surface area (Å²) >= 11 is 1.69. The predicted octanol–water partition coefficient (Wildman–Crippen LogP) is 5.05. The number of halogens is 1. The highest BCUT2D eigenvalue weighted by atomic mass is 79.9. The van der Waals surface area contributed by atoms with Crippen molar-refractivity contribution in [2.24, 2.45) is 0 Å². The van der Waals surface area contributed by atoms with Crippen LogP contribution in [0.4, 0.5) is 0 Å². The molecule has 0 spiro atoms.